The molecule has 332 valence electrons. The summed E-state index contributed by atoms with van der Waals surface area (Å²) in [6.07, 6.45) is -4.54. The molecule has 0 aliphatic carbocycles. The highest BCUT2D eigenvalue weighted by molar-refractivity contribution is 5.84. The number of carbonyl (C=O) groups excluding carboxylic acids is 1. The van der Waals surface area contributed by atoms with Gasteiger partial charge in [0.25, 0.3) is 0 Å². The number of imidazole rings is 1. The molecule has 2 amide bonds. The molecule has 0 spiro atoms. The smallest absolute Gasteiger partial charge is 0.490 e. The molecule has 6 heterocycles. The Labute approximate surface area is 355 Å². The van der Waals surface area contributed by atoms with Gasteiger partial charge in [-0.25, -0.2) is 14.6 Å². The molecular weight excluding hydrogens is 836 g/mol. The molecule has 0 bridgehead atoms. The number of aliphatic carboxylic acids is 1. The first kappa shape index (κ1) is 43.9. The first-order valence-corrected chi connectivity index (χ1v) is 19.5. The highest BCUT2D eigenvalue weighted by Crippen LogP contribution is 2.39. The maximum atomic E-state index is 12.8. The number of aromatic hydroxyl groups is 2. The lowest BCUT2D eigenvalue weighted by Gasteiger charge is -2.22. The van der Waals surface area contributed by atoms with E-state index in [0.717, 1.165) is 16.7 Å². The Balaban J connectivity index is 0.000000785. The van der Waals surface area contributed by atoms with Crippen LogP contribution in [-0.4, -0.2) is 126 Å². The third kappa shape index (κ3) is 10.3. The maximum Gasteiger partial charge on any atom is 0.490 e. The second kappa shape index (κ2) is 18.8. The molecule has 2 saturated heterocycles. The van der Waals surface area contributed by atoms with Crippen molar-refractivity contribution in [2.24, 2.45) is 0 Å². The summed E-state index contributed by atoms with van der Waals surface area (Å²) in [6.45, 7) is 3.97. The Morgan fingerprint density at radius 1 is 0.952 bits per heavy atom. The number of aryl methyl sites for hydroxylation is 1. The summed E-state index contributed by atoms with van der Waals surface area (Å²) in [5.41, 5.74) is 3.46. The van der Waals surface area contributed by atoms with Gasteiger partial charge < -0.3 is 51.1 Å². The SMILES string of the molecule is CCn1nnc([C@H]2O[C@@H](n3cnc4c(NCC(c5ccc(O)cc5)c5ccc(O)cc5)nc(N5CC[C@@H](NC(=O)NCc6ccncc6)C5)nc43)[C@H](O)[C@@H]2O)n1.O=C(O)C(F)(F)F. The molecule has 4 aromatic heterocycles. The molecular formula is C39H42F3N13O8. The van der Waals surface area contributed by atoms with Crippen LogP contribution in [0.25, 0.3) is 11.2 Å². The Morgan fingerprint density at radius 3 is 2.21 bits per heavy atom. The number of phenolic OH excluding ortho intramolecular Hbond substituents is 2. The van der Waals surface area contributed by atoms with Crippen LogP contribution in [0.15, 0.2) is 79.4 Å². The summed E-state index contributed by atoms with van der Waals surface area (Å²) in [5, 5.41) is 71.1. The van der Waals surface area contributed by atoms with E-state index in [1.54, 1.807) is 41.2 Å². The molecule has 0 unspecified atom stereocenters. The summed E-state index contributed by atoms with van der Waals surface area (Å²) in [6, 6.07) is 17.0. The molecule has 8 rings (SSSR count). The van der Waals surface area contributed by atoms with Crippen molar-refractivity contribution < 1.29 is 53.0 Å². The number of nitrogens with zero attached hydrogens (tertiary/aromatic N) is 10. The molecule has 2 fully saturated rings. The van der Waals surface area contributed by atoms with Crippen LogP contribution < -0.4 is 20.9 Å². The van der Waals surface area contributed by atoms with E-state index in [-0.39, 0.29) is 35.3 Å². The number of urea groups is 1. The zero-order chi connectivity index (χ0) is 44.8. The van der Waals surface area contributed by atoms with Gasteiger partial charge >= 0.3 is 18.2 Å². The van der Waals surface area contributed by atoms with Gasteiger partial charge in [-0.05, 0) is 71.6 Å². The number of aromatic nitrogens is 9. The van der Waals surface area contributed by atoms with E-state index in [0.29, 0.717) is 62.1 Å². The number of carboxylic acid groups (broad SMARTS) is 1. The van der Waals surface area contributed by atoms with E-state index in [1.807, 2.05) is 48.2 Å². The number of carboxylic acids is 1. The van der Waals surface area contributed by atoms with Crippen molar-refractivity contribution in [2.75, 3.05) is 29.9 Å². The number of phenols is 2. The summed E-state index contributed by atoms with van der Waals surface area (Å²) < 4.78 is 39.5. The molecule has 6 aromatic rings. The van der Waals surface area contributed by atoms with Crippen LogP contribution in [0.5, 0.6) is 11.5 Å². The first-order chi connectivity index (χ1) is 30.2. The second-order valence-electron chi connectivity index (χ2n) is 14.5. The summed E-state index contributed by atoms with van der Waals surface area (Å²) >= 11 is 0. The van der Waals surface area contributed by atoms with E-state index in [4.69, 9.17) is 24.6 Å². The van der Waals surface area contributed by atoms with Gasteiger partial charge in [0.2, 0.25) is 11.8 Å². The zero-order valence-corrected chi connectivity index (χ0v) is 33.3. The maximum absolute atomic E-state index is 12.8. The van der Waals surface area contributed by atoms with E-state index >= 15 is 0 Å². The third-order valence-corrected chi connectivity index (χ3v) is 10.2. The Hall–Kier alpha value is -7.18. The van der Waals surface area contributed by atoms with Gasteiger partial charge in [0.1, 0.15) is 23.7 Å². The molecule has 63 heavy (non-hydrogen) atoms. The molecule has 2 aliphatic rings. The molecule has 5 atom stereocenters. The van der Waals surface area contributed by atoms with Crippen LogP contribution in [0.1, 0.15) is 54.1 Å². The number of hydrogen-bond donors (Lipinski definition) is 8. The van der Waals surface area contributed by atoms with Crippen molar-refractivity contribution >= 4 is 34.9 Å². The number of aliphatic hydroxyl groups is 2. The number of pyridine rings is 1. The third-order valence-electron chi connectivity index (χ3n) is 10.2. The first-order valence-electron chi connectivity index (χ1n) is 19.5. The monoisotopic (exact) mass is 877 g/mol. The van der Waals surface area contributed by atoms with Gasteiger partial charge in [0, 0.05) is 50.5 Å². The number of nitrogens with one attached hydrogen (secondary N) is 3. The van der Waals surface area contributed by atoms with Crippen LogP contribution in [0.2, 0.25) is 0 Å². The van der Waals surface area contributed by atoms with Crippen molar-refractivity contribution in [1.29, 1.82) is 0 Å². The topological polar surface area (TPSA) is 284 Å². The lowest BCUT2D eigenvalue weighted by Crippen LogP contribution is -2.43. The molecule has 2 aromatic carbocycles. The van der Waals surface area contributed by atoms with E-state index in [9.17, 15) is 38.4 Å². The van der Waals surface area contributed by atoms with Crippen LogP contribution in [-0.2, 0) is 22.6 Å². The number of fused-ring (bicyclic) bond motifs is 1. The fourth-order valence-corrected chi connectivity index (χ4v) is 6.98. The number of ether oxygens (including phenoxy) is 1. The normalized spacial score (nSPS) is 19.8. The van der Waals surface area contributed by atoms with Gasteiger partial charge in [0.05, 0.1) is 12.9 Å². The second-order valence-corrected chi connectivity index (χ2v) is 14.5. The minimum atomic E-state index is -5.08. The Morgan fingerprint density at radius 2 is 1.60 bits per heavy atom. The highest BCUT2D eigenvalue weighted by atomic mass is 19.4. The molecule has 0 saturated carbocycles. The predicted octanol–water partition coefficient (Wildman–Crippen LogP) is 2.59. The Bertz CT molecular complexity index is 2450. The van der Waals surface area contributed by atoms with E-state index in [2.05, 4.69) is 41.3 Å². The van der Waals surface area contributed by atoms with Crippen molar-refractivity contribution in [2.45, 2.75) is 69.1 Å². The number of carbonyl (C=O) groups is 2. The fourth-order valence-electron chi connectivity index (χ4n) is 6.98. The van der Waals surface area contributed by atoms with E-state index < -0.39 is 36.7 Å². The van der Waals surface area contributed by atoms with Crippen LogP contribution in [0, 0.1) is 0 Å². The van der Waals surface area contributed by atoms with Crippen LogP contribution in [0.4, 0.5) is 29.7 Å². The number of aliphatic hydroxyl groups excluding tert-OH is 2. The van der Waals surface area contributed by atoms with Crippen molar-refractivity contribution in [3.8, 4) is 11.5 Å². The van der Waals surface area contributed by atoms with Gasteiger partial charge in [-0.15, -0.1) is 10.2 Å². The largest absolute Gasteiger partial charge is 0.508 e. The Kier molecular flexibility index (Phi) is 13.1. The van der Waals surface area contributed by atoms with Gasteiger partial charge in [-0.1, -0.05) is 24.3 Å². The summed E-state index contributed by atoms with van der Waals surface area (Å²) in [4.78, 5) is 43.6. The van der Waals surface area contributed by atoms with Crippen LogP contribution in [0.3, 0.4) is 0 Å². The fraction of sp³-hybridized carbons (Fsp3) is 0.359. The van der Waals surface area contributed by atoms with Crippen molar-refractivity contribution in [1.82, 2.24) is 55.3 Å². The highest BCUT2D eigenvalue weighted by Gasteiger charge is 2.47. The lowest BCUT2D eigenvalue weighted by molar-refractivity contribution is -0.192. The minimum Gasteiger partial charge on any atom is -0.508 e. The number of benzene rings is 2. The summed E-state index contributed by atoms with van der Waals surface area (Å²) in [7, 11) is 0. The average Bonchev–Trinajstić information content (AvgIpc) is 4.09. The van der Waals surface area contributed by atoms with Gasteiger partial charge in [0.15, 0.2) is 29.3 Å². The molecule has 2 aliphatic heterocycles. The minimum absolute atomic E-state index is 0.137. The summed E-state index contributed by atoms with van der Waals surface area (Å²) in [5.74, 6) is -1.83. The van der Waals surface area contributed by atoms with Gasteiger partial charge in [-0.3, -0.25) is 9.55 Å². The lowest BCUT2D eigenvalue weighted by atomic mass is 9.91. The number of alkyl halides is 3. The average molecular weight is 878 g/mol. The quantitative estimate of drug-likeness (QED) is 0.0877. The number of anilines is 2. The number of rotatable bonds is 12. The number of halogens is 3. The molecule has 24 heteroatoms. The number of tetrazole rings is 1. The number of amides is 2. The molecule has 21 nitrogen and oxygen atoms in total. The van der Waals surface area contributed by atoms with Crippen LogP contribution >= 0.6 is 0 Å². The van der Waals surface area contributed by atoms with E-state index in [1.165, 1.54) is 11.1 Å². The number of hydrogen-bond acceptors (Lipinski definition) is 16. The molecule has 8 N–H and O–H groups in total. The van der Waals surface area contributed by atoms with Crippen molar-refractivity contribution in [3.63, 3.8) is 0 Å². The van der Waals surface area contributed by atoms with Crippen molar-refractivity contribution in [3.05, 3.63) is 102 Å². The standard InChI is InChI=1S/C37H41N13O6.C2HF3O2/c1-2-50-46-33(45-47-50)31-29(53)30(54)35(56-31)49-20-41-28-32(39-18-27(22-3-7-25(51)8-4-22)23-5-9-26(52)10-6-23)43-36(44-34(28)49)48-16-13-24(19-48)42-37(55)40-17-21-11-14-38-15-12-21;3-2(4,5)1(6)7/h3-12,14-15,20,24,27,29-31,35,51-54H,2,13,16-19H2,1H3,(H,39,43,44)(H2,40,42,55);(H,6,7)/t24-,29+,30-,31+,35-;/m1./s1. The zero-order valence-electron chi connectivity index (χ0n) is 33.3. The molecule has 0 radical (unpaired) electrons. The predicted molar refractivity (Wildman–Crippen MR) is 214 cm³/mol. The van der Waals surface area contributed by atoms with Gasteiger partial charge in [-0.2, -0.15) is 27.9 Å².